The summed E-state index contributed by atoms with van der Waals surface area (Å²) in [5.41, 5.74) is 0. The lowest BCUT2D eigenvalue weighted by atomic mass is 10.0. The summed E-state index contributed by atoms with van der Waals surface area (Å²) < 4.78 is 4.47. The van der Waals surface area contributed by atoms with Crippen molar-refractivity contribution in [2.75, 3.05) is 0 Å². The second-order valence-corrected chi connectivity index (χ2v) is 7.22. The molecule has 0 amide bonds. The third-order valence-electron chi connectivity index (χ3n) is 4.80. The van der Waals surface area contributed by atoms with Crippen LogP contribution in [-0.4, -0.2) is 11.9 Å². The monoisotopic (exact) mass is 348 g/mol. The Morgan fingerprint density at radius 3 is 1.72 bits per heavy atom. The first kappa shape index (κ1) is 21.7. The summed E-state index contributed by atoms with van der Waals surface area (Å²) in [5.74, 6) is 4.45. The highest BCUT2D eigenvalue weighted by atomic mass is 16.6. The molecule has 0 bridgehead atoms. The summed E-state index contributed by atoms with van der Waals surface area (Å²) >= 11 is 0. The molecule has 1 atom stereocenters. The first-order valence-corrected chi connectivity index (χ1v) is 10.5. The van der Waals surface area contributed by atoms with E-state index in [1.807, 2.05) is 0 Å². The molecule has 0 aromatic rings. The Balaban J connectivity index is 1.79. The van der Waals surface area contributed by atoms with Gasteiger partial charge in [-0.05, 0) is 6.42 Å². The number of ether oxygens (including phenoxy) is 1. The number of hydrogen-bond acceptors (Lipinski definition) is 3. The van der Waals surface area contributed by atoms with E-state index in [0.29, 0.717) is 0 Å². The first-order chi connectivity index (χ1) is 12.2. The van der Waals surface area contributed by atoms with E-state index in [4.69, 9.17) is 0 Å². The average molecular weight is 349 g/mol. The van der Waals surface area contributed by atoms with E-state index in [2.05, 4.69) is 23.5 Å². The van der Waals surface area contributed by atoms with E-state index in [9.17, 15) is 9.59 Å². The van der Waals surface area contributed by atoms with Crippen molar-refractivity contribution in [3.05, 3.63) is 0 Å². The van der Waals surface area contributed by atoms with Crippen LogP contribution in [0, 0.1) is 17.8 Å². The molecule has 1 unspecified atom stereocenters. The zero-order valence-corrected chi connectivity index (χ0v) is 16.1. The quantitative estimate of drug-likeness (QED) is 0.169. The fourth-order valence-electron chi connectivity index (χ4n) is 3.19. The number of carbonyl (C=O) groups excluding carboxylic acids is 2. The minimum Gasteiger partial charge on any atom is -0.392 e. The minimum absolute atomic E-state index is 0.130. The van der Waals surface area contributed by atoms with Crippen LogP contribution in [0.5, 0.6) is 0 Å². The second kappa shape index (κ2) is 15.0. The van der Waals surface area contributed by atoms with Crippen molar-refractivity contribution in [3.63, 3.8) is 0 Å². The molecule has 142 valence electrons. The van der Waals surface area contributed by atoms with Gasteiger partial charge in [-0.3, -0.25) is 9.59 Å². The standard InChI is InChI=1S/C22H36O3/c1-2-3-4-5-6-7-8-9-10-11-12-13-14-15-16-17-18-20-19-21(23)25-22(20)24/h20H,2-16,19H2,1H3. The largest absolute Gasteiger partial charge is 0.392 e. The first-order valence-electron chi connectivity index (χ1n) is 10.5. The number of unbranched alkanes of at least 4 members (excludes halogenated alkanes) is 14. The van der Waals surface area contributed by atoms with Gasteiger partial charge in [0.25, 0.3) is 0 Å². The third kappa shape index (κ3) is 11.8. The molecule has 1 aliphatic heterocycles. The van der Waals surface area contributed by atoms with Gasteiger partial charge in [-0.25, -0.2) is 0 Å². The predicted molar refractivity (Wildman–Crippen MR) is 102 cm³/mol. The smallest absolute Gasteiger partial charge is 0.329 e. The molecule has 0 radical (unpaired) electrons. The van der Waals surface area contributed by atoms with Crippen molar-refractivity contribution in [1.82, 2.24) is 0 Å². The molecular formula is C22H36O3. The van der Waals surface area contributed by atoms with Gasteiger partial charge in [0.1, 0.15) is 5.92 Å². The third-order valence-corrected chi connectivity index (χ3v) is 4.80. The molecule has 0 saturated carbocycles. The summed E-state index contributed by atoms with van der Waals surface area (Å²) in [7, 11) is 0. The number of esters is 2. The van der Waals surface area contributed by atoms with Crippen LogP contribution in [0.15, 0.2) is 0 Å². The lowest BCUT2D eigenvalue weighted by molar-refractivity contribution is -0.152. The Labute approximate surface area is 154 Å². The zero-order valence-electron chi connectivity index (χ0n) is 16.1. The lowest BCUT2D eigenvalue weighted by Gasteiger charge is -2.02. The Kier molecular flexibility index (Phi) is 13.0. The summed E-state index contributed by atoms with van der Waals surface area (Å²) in [6.45, 7) is 2.27. The molecule has 0 N–H and O–H groups in total. The van der Waals surface area contributed by atoms with E-state index in [1.54, 1.807) is 0 Å². The molecule has 0 aromatic carbocycles. The normalized spacial score (nSPS) is 16.6. The fraction of sp³-hybridized carbons (Fsp3) is 0.818. The number of hydrogen-bond donors (Lipinski definition) is 0. The summed E-state index contributed by atoms with van der Waals surface area (Å²) in [6, 6.07) is 0. The van der Waals surface area contributed by atoms with E-state index >= 15 is 0 Å². The van der Waals surface area contributed by atoms with Crippen molar-refractivity contribution in [2.45, 2.75) is 110 Å². The molecule has 0 spiro atoms. The van der Waals surface area contributed by atoms with Crippen LogP contribution in [0.2, 0.25) is 0 Å². The maximum Gasteiger partial charge on any atom is 0.329 e. The minimum atomic E-state index is -0.515. The SMILES string of the molecule is CCCCCCCCCCCCCCCCC#CC1CC(=O)OC1=O. The lowest BCUT2D eigenvalue weighted by Crippen LogP contribution is -2.04. The summed E-state index contributed by atoms with van der Waals surface area (Å²) in [6.07, 6.45) is 19.8. The molecule has 1 heterocycles. The van der Waals surface area contributed by atoms with E-state index < -0.39 is 17.9 Å². The molecule has 3 heteroatoms. The highest BCUT2D eigenvalue weighted by molar-refractivity contribution is 5.96. The Morgan fingerprint density at radius 1 is 0.800 bits per heavy atom. The number of carbonyl (C=O) groups is 2. The van der Waals surface area contributed by atoms with Gasteiger partial charge in [-0.1, -0.05) is 96.3 Å². The van der Waals surface area contributed by atoms with Crippen LogP contribution in [-0.2, 0) is 14.3 Å². The number of cyclic esters (lactones) is 2. The van der Waals surface area contributed by atoms with Gasteiger partial charge < -0.3 is 4.74 Å². The molecule has 1 aliphatic rings. The van der Waals surface area contributed by atoms with Gasteiger partial charge in [0.2, 0.25) is 0 Å². The second-order valence-electron chi connectivity index (χ2n) is 7.22. The van der Waals surface area contributed by atoms with Crippen molar-refractivity contribution < 1.29 is 14.3 Å². The van der Waals surface area contributed by atoms with Crippen molar-refractivity contribution >= 4 is 11.9 Å². The highest BCUT2D eigenvalue weighted by Gasteiger charge is 2.31. The Morgan fingerprint density at radius 2 is 1.28 bits per heavy atom. The Hall–Kier alpha value is -1.30. The van der Waals surface area contributed by atoms with Crippen LogP contribution in [0.4, 0.5) is 0 Å². The van der Waals surface area contributed by atoms with Gasteiger partial charge in [0.05, 0.1) is 6.42 Å². The molecule has 0 aliphatic carbocycles. The molecular weight excluding hydrogens is 312 g/mol. The van der Waals surface area contributed by atoms with Gasteiger partial charge in [-0.2, -0.15) is 0 Å². The topological polar surface area (TPSA) is 43.4 Å². The van der Waals surface area contributed by atoms with E-state index in [-0.39, 0.29) is 6.42 Å². The van der Waals surface area contributed by atoms with Crippen molar-refractivity contribution in [1.29, 1.82) is 0 Å². The van der Waals surface area contributed by atoms with Crippen LogP contribution < -0.4 is 0 Å². The molecule has 0 aromatic heterocycles. The molecule has 1 rings (SSSR count). The molecule has 1 fully saturated rings. The molecule has 1 saturated heterocycles. The van der Waals surface area contributed by atoms with Crippen LogP contribution in [0.3, 0.4) is 0 Å². The van der Waals surface area contributed by atoms with Gasteiger partial charge >= 0.3 is 11.9 Å². The maximum atomic E-state index is 11.2. The van der Waals surface area contributed by atoms with Gasteiger partial charge in [0, 0.05) is 6.42 Å². The molecule has 3 nitrogen and oxygen atoms in total. The highest BCUT2D eigenvalue weighted by Crippen LogP contribution is 2.15. The number of rotatable bonds is 14. The van der Waals surface area contributed by atoms with Gasteiger partial charge in [0.15, 0.2) is 0 Å². The Bertz CT molecular complexity index is 430. The van der Waals surface area contributed by atoms with Crippen LogP contribution in [0.1, 0.15) is 110 Å². The zero-order chi connectivity index (χ0) is 18.2. The fourth-order valence-corrected chi connectivity index (χ4v) is 3.19. The summed E-state index contributed by atoms with van der Waals surface area (Å²) in [4.78, 5) is 22.2. The maximum absolute atomic E-state index is 11.2. The van der Waals surface area contributed by atoms with Crippen LogP contribution in [0.25, 0.3) is 0 Å². The average Bonchev–Trinajstić information content (AvgIpc) is 2.92. The van der Waals surface area contributed by atoms with E-state index in [1.165, 1.54) is 83.5 Å². The summed E-state index contributed by atoms with van der Waals surface area (Å²) in [5, 5.41) is 0. The molecule has 25 heavy (non-hydrogen) atoms. The van der Waals surface area contributed by atoms with Gasteiger partial charge in [-0.15, -0.1) is 5.92 Å². The van der Waals surface area contributed by atoms with Crippen LogP contribution >= 0.6 is 0 Å². The van der Waals surface area contributed by atoms with Crippen molar-refractivity contribution in [2.24, 2.45) is 5.92 Å². The van der Waals surface area contributed by atoms with Crippen molar-refractivity contribution in [3.8, 4) is 11.8 Å². The predicted octanol–water partition coefficient (Wildman–Crippen LogP) is 5.95. The van der Waals surface area contributed by atoms with E-state index in [0.717, 1.165) is 12.8 Å².